The van der Waals surface area contributed by atoms with Crippen LogP contribution >= 0.6 is 92.5 Å². The zero-order valence-electron chi connectivity index (χ0n) is 35.5. The van der Waals surface area contributed by atoms with Crippen LogP contribution in [0.4, 0.5) is 0 Å². The summed E-state index contributed by atoms with van der Waals surface area (Å²) in [6.07, 6.45) is 7.19. The minimum atomic E-state index is -0.963. The van der Waals surface area contributed by atoms with Crippen LogP contribution in [0.25, 0.3) is 125 Å². The molecule has 0 bridgehead atoms. The van der Waals surface area contributed by atoms with Gasteiger partial charge in [-0.25, -0.2) is 4.79 Å². The molecule has 0 saturated heterocycles. The molecule has 0 fully saturated rings. The predicted molar refractivity (Wildman–Crippen MR) is 300 cm³/mol. The first-order valence-corrected chi connectivity index (χ1v) is 26.4. The van der Waals surface area contributed by atoms with Gasteiger partial charge in [-0.15, -0.1) is 68.0 Å². The van der Waals surface area contributed by atoms with Gasteiger partial charge in [0.1, 0.15) is 10.0 Å². The smallest absolute Gasteiger partial charge is 0.753 e. The van der Waals surface area contributed by atoms with Crippen molar-refractivity contribution in [2.24, 2.45) is 0 Å². The number of isothiocyanates is 2. The van der Waals surface area contributed by atoms with Crippen molar-refractivity contribution in [1.29, 1.82) is 0 Å². The summed E-state index contributed by atoms with van der Waals surface area (Å²) < 4.78 is 15.8. The maximum Gasteiger partial charge on any atom is 2.00 e. The molecule has 70 heavy (non-hydrogen) atoms. The van der Waals surface area contributed by atoms with Gasteiger partial charge < -0.3 is 15.9 Å². The minimum absolute atomic E-state index is 0. The molecule has 0 aliphatic rings. The van der Waals surface area contributed by atoms with Crippen molar-refractivity contribution in [2.45, 2.75) is 0 Å². The number of rotatable bonds is 5. The minimum Gasteiger partial charge on any atom is -0.753 e. The van der Waals surface area contributed by atoms with Crippen LogP contribution in [-0.4, -0.2) is 50.5 Å². The number of aromatic nitrogens is 6. The number of aromatic carboxylic acids is 1. The summed E-state index contributed by atoms with van der Waals surface area (Å²) in [6, 6.07) is 39.4. The first-order chi connectivity index (χ1) is 33.9. The monoisotopic (exact) mass is 1140 g/mol. The SMILES string of the molecule is O=C(O)c1ccnc(-c2ccccn2)c1.[N-]=C=S.[N-]=C=S.[Ru+2].c1ccc2c(c1)c1cc(-c3cc4c5ccccc5n(-c5cc6sc7ccsc7c6s5)c4cn3)ncc1n2-c1cc2sc3ccsc3c2s1. The summed E-state index contributed by atoms with van der Waals surface area (Å²) in [5.41, 5.74) is 7.84. The second kappa shape index (κ2) is 20.1. The van der Waals surface area contributed by atoms with Crippen LogP contribution in [0.5, 0.6) is 0 Å². The van der Waals surface area contributed by atoms with Crippen LogP contribution in [0, 0.1) is 0 Å². The average molecular weight is 1140 g/mol. The number of hydrogen-bond donors (Lipinski definition) is 1. The van der Waals surface area contributed by atoms with E-state index in [0.29, 0.717) is 11.4 Å². The van der Waals surface area contributed by atoms with Gasteiger partial charge in [0.15, 0.2) is 0 Å². The molecule has 2 aromatic carbocycles. The van der Waals surface area contributed by atoms with Gasteiger partial charge in [0, 0.05) is 52.7 Å². The number of fused-ring (bicyclic) bond motifs is 12. The van der Waals surface area contributed by atoms with Crippen LogP contribution in [-0.2, 0) is 19.5 Å². The number of thiophene rings is 6. The van der Waals surface area contributed by atoms with Gasteiger partial charge in [-0.2, -0.15) is 10.3 Å². The van der Waals surface area contributed by atoms with Crippen molar-refractivity contribution < 1.29 is 29.4 Å². The van der Waals surface area contributed by atoms with Crippen LogP contribution in [0.15, 0.2) is 151 Å². The number of benzene rings is 2. The third-order valence-corrected chi connectivity index (χ3v) is 18.4. The Hall–Kier alpha value is -6.43. The molecule has 0 spiro atoms. The zero-order chi connectivity index (χ0) is 47.2. The molecule has 14 aromatic rings. The van der Waals surface area contributed by atoms with Gasteiger partial charge in [0.25, 0.3) is 0 Å². The van der Waals surface area contributed by atoms with E-state index in [2.05, 4.69) is 139 Å². The molecule has 12 aromatic heterocycles. The summed E-state index contributed by atoms with van der Waals surface area (Å²) in [5, 5.41) is 37.4. The van der Waals surface area contributed by atoms with E-state index in [9.17, 15) is 4.79 Å². The fraction of sp³-hybridized carbons (Fsp3) is 0. The number of para-hydroxylation sites is 2. The van der Waals surface area contributed by atoms with E-state index < -0.39 is 5.97 Å². The Bertz CT molecular complexity index is 4100. The Morgan fingerprint density at radius 2 is 0.971 bits per heavy atom. The van der Waals surface area contributed by atoms with E-state index in [1.165, 1.54) is 109 Å². The largest absolute Gasteiger partial charge is 2.00 e. The normalized spacial score (nSPS) is 11.0. The summed E-state index contributed by atoms with van der Waals surface area (Å²) in [7, 11) is 0. The van der Waals surface area contributed by atoms with Crippen molar-refractivity contribution in [3.63, 3.8) is 0 Å². The van der Waals surface area contributed by atoms with Crippen LogP contribution in [0.3, 0.4) is 0 Å². The Labute approximate surface area is 444 Å². The van der Waals surface area contributed by atoms with Crippen LogP contribution in [0.2, 0.25) is 0 Å². The standard InChI is InChI=1S/C38H18N4S6.C11H8N2O2.2CNS.Ru/c1-3-7-25-19(5-1)21-13-23(39-17-27(21)41(25)33-15-31-37(47-33)35-29(45-31)9-11-43-35)24-14-22-20-6-2-4-8-26(20)42(28(22)18-40-24)34-16-32-38(48-34)36-30(46-32)10-12-44-36;14-11(15)8-4-6-13-10(7-8)9-3-1-2-5-12-9;2*2-1-3;/h1-18H;1-7H,(H,14,15);;;/q;;2*-1;+2. The zero-order valence-corrected chi connectivity index (χ0v) is 43.8. The molecule has 0 atom stereocenters. The Morgan fingerprint density at radius 3 is 1.46 bits per heavy atom. The summed E-state index contributed by atoms with van der Waals surface area (Å²) in [6.45, 7) is 0. The maximum absolute atomic E-state index is 10.7. The Morgan fingerprint density at radius 1 is 0.500 bits per heavy atom. The molecule has 14 rings (SSSR count). The van der Waals surface area contributed by atoms with Gasteiger partial charge in [0.05, 0.1) is 81.6 Å². The molecule has 0 aliphatic heterocycles. The Balaban J connectivity index is 0.000000218. The third kappa shape index (κ3) is 8.44. The van der Waals surface area contributed by atoms with Crippen molar-refractivity contribution in [2.75, 3.05) is 0 Å². The number of carboxylic acids is 1. The van der Waals surface area contributed by atoms with Crippen LogP contribution < -0.4 is 0 Å². The fourth-order valence-corrected chi connectivity index (χ4v) is 16.0. The number of thiocarbonyl (C=S) groups is 2. The van der Waals surface area contributed by atoms with E-state index in [1.54, 1.807) is 18.3 Å². The van der Waals surface area contributed by atoms with Crippen molar-refractivity contribution >= 4 is 190 Å². The van der Waals surface area contributed by atoms with E-state index in [0.717, 1.165) is 22.4 Å². The summed E-state index contributed by atoms with van der Waals surface area (Å²) >= 11 is 18.6. The fourth-order valence-electron chi connectivity index (χ4n) is 8.45. The summed E-state index contributed by atoms with van der Waals surface area (Å²) in [4.78, 5) is 29.0. The molecule has 1 N–H and O–H groups in total. The van der Waals surface area contributed by atoms with E-state index in [-0.39, 0.29) is 25.0 Å². The Kier molecular flexibility index (Phi) is 13.6. The van der Waals surface area contributed by atoms with E-state index in [1.807, 2.05) is 86.5 Å². The molecule has 0 aliphatic carbocycles. The molecular formula is C51H26N8O2RuS8. The van der Waals surface area contributed by atoms with Crippen LogP contribution in [0.1, 0.15) is 10.4 Å². The average Bonchev–Trinajstić information content (AvgIpc) is 4.26. The van der Waals surface area contributed by atoms with Crippen molar-refractivity contribution in [3.05, 3.63) is 167 Å². The van der Waals surface area contributed by atoms with Gasteiger partial charge in [-0.05, 0) is 83.6 Å². The molecule has 0 saturated carbocycles. The number of hydrogen-bond acceptors (Lipinski definition) is 13. The number of carboxylic acid groups (broad SMARTS) is 1. The molecular weight excluding hydrogens is 1110 g/mol. The third-order valence-electron chi connectivity index (χ3n) is 11.2. The van der Waals surface area contributed by atoms with Gasteiger partial charge in [-0.1, -0.05) is 66.9 Å². The second-order valence-corrected chi connectivity index (χ2v) is 21.4. The van der Waals surface area contributed by atoms with E-state index in [4.69, 9.17) is 25.9 Å². The van der Waals surface area contributed by atoms with Crippen molar-refractivity contribution in [1.82, 2.24) is 29.1 Å². The first-order valence-electron chi connectivity index (χ1n) is 20.6. The molecule has 338 valence electrons. The number of pyridine rings is 4. The van der Waals surface area contributed by atoms with Gasteiger partial charge >= 0.3 is 25.4 Å². The van der Waals surface area contributed by atoms with Crippen molar-refractivity contribution in [3.8, 4) is 32.8 Å². The first kappa shape index (κ1) is 47.3. The molecule has 19 heteroatoms. The maximum atomic E-state index is 10.7. The molecule has 12 heterocycles. The predicted octanol–water partition coefficient (Wildman–Crippen LogP) is 16.5. The van der Waals surface area contributed by atoms with Gasteiger partial charge in [-0.3, -0.25) is 29.1 Å². The number of carbonyl (C=O) groups is 1. The molecule has 0 unspecified atom stereocenters. The van der Waals surface area contributed by atoms with E-state index >= 15 is 0 Å². The quantitative estimate of drug-likeness (QED) is 0.102. The second-order valence-electron chi connectivity index (χ2n) is 15.0. The summed E-state index contributed by atoms with van der Waals surface area (Å²) in [5.74, 6) is -0.963. The van der Waals surface area contributed by atoms with Gasteiger partial charge in [0.2, 0.25) is 0 Å². The topological polar surface area (TPSA) is 143 Å². The molecule has 0 amide bonds. The molecule has 10 nitrogen and oxygen atoms in total. The molecule has 0 radical (unpaired) electrons. The number of nitrogens with zero attached hydrogens (tertiary/aromatic N) is 8.